The summed E-state index contributed by atoms with van der Waals surface area (Å²) in [6, 6.07) is 13.3. The smallest absolute Gasteiger partial charge is 0.307 e. The lowest BCUT2D eigenvalue weighted by molar-refractivity contribution is -0.148. The Morgan fingerprint density at radius 1 is 0.931 bits per heavy atom. The maximum atomic E-state index is 12.3. The van der Waals surface area contributed by atoms with E-state index in [1.165, 1.54) is 0 Å². The van der Waals surface area contributed by atoms with Gasteiger partial charge in [0.2, 0.25) is 0 Å². The molecular formula is C20H16N4O5. The van der Waals surface area contributed by atoms with E-state index in [4.69, 9.17) is 4.74 Å². The number of rotatable bonds is 6. The van der Waals surface area contributed by atoms with E-state index in [2.05, 4.69) is 10.3 Å². The second-order valence-electron chi connectivity index (χ2n) is 6.47. The predicted molar refractivity (Wildman–Crippen MR) is 101 cm³/mol. The summed E-state index contributed by atoms with van der Waals surface area (Å²) in [5.41, 5.74) is 0.791. The highest BCUT2D eigenvalue weighted by atomic mass is 16.5. The molecule has 2 aromatic carbocycles. The zero-order chi connectivity index (χ0) is 20.4. The third-order valence-corrected chi connectivity index (χ3v) is 4.62. The average Bonchev–Trinajstić information content (AvgIpc) is 2.98. The monoisotopic (exact) mass is 392 g/mol. The van der Waals surface area contributed by atoms with Crippen molar-refractivity contribution in [2.75, 3.05) is 6.54 Å². The molecule has 0 saturated carbocycles. The zero-order valence-electron chi connectivity index (χ0n) is 15.3. The maximum absolute atomic E-state index is 12.3. The summed E-state index contributed by atoms with van der Waals surface area (Å²) < 4.78 is 6.03. The van der Waals surface area contributed by atoms with Crippen LogP contribution in [0.1, 0.15) is 33.6 Å². The van der Waals surface area contributed by atoms with Gasteiger partial charge in [0.15, 0.2) is 6.73 Å². The average molecular weight is 392 g/mol. The zero-order valence-corrected chi connectivity index (χ0v) is 15.3. The van der Waals surface area contributed by atoms with Crippen LogP contribution in [0.5, 0.6) is 0 Å². The summed E-state index contributed by atoms with van der Waals surface area (Å²) in [7, 11) is 0. The number of carbonyl (C=O) groups excluding carboxylic acids is 3. The minimum absolute atomic E-state index is 0.0107. The molecule has 2 amide bonds. The summed E-state index contributed by atoms with van der Waals surface area (Å²) in [5, 5.41) is 8.03. The third-order valence-electron chi connectivity index (χ3n) is 4.62. The van der Waals surface area contributed by atoms with Gasteiger partial charge in [-0.15, -0.1) is 5.10 Å². The van der Waals surface area contributed by atoms with E-state index < -0.39 is 11.5 Å². The Bertz CT molecular complexity index is 1150. The van der Waals surface area contributed by atoms with Crippen molar-refractivity contribution in [3.8, 4) is 0 Å². The Kier molecular flexibility index (Phi) is 4.86. The van der Waals surface area contributed by atoms with Gasteiger partial charge in [-0.25, -0.2) is 0 Å². The fourth-order valence-electron chi connectivity index (χ4n) is 3.14. The summed E-state index contributed by atoms with van der Waals surface area (Å²) >= 11 is 0. The molecule has 2 heterocycles. The normalized spacial score (nSPS) is 13.0. The first-order valence-electron chi connectivity index (χ1n) is 8.99. The first-order valence-corrected chi connectivity index (χ1v) is 8.99. The molecule has 0 bridgehead atoms. The number of benzene rings is 2. The van der Waals surface area contributed by atoms with Crippen LogP contribution in [-0.4, -0.2) is 44.2 Å². The van der Waals surface area contributed by atoms with Crippen molar-refractivity contribution in [1.82, 2.24) is 19.9 Å². The van der Waals surface area contributed by atoms with Crippen molar-refractivity contribution >= 4 is 28.7 Å². The molecule has 0 atom stereocenters. The number of nitrogens with zero attached hydrogens (tertiary/aromatic N) is 4. The van der Waals surface area contributed by atoms with Crippen LogP contribution in [0.15, 0.2) is 53.3 Å². The van der Waals surface area contributed by atoms with Crippen LogP contribution < -0.4 is 5.56 Å². The molecular weight excluding hydrogens is 376 g/mol. The molecule has 1 aromatic heterocycles. The number of hydrogen-bond donors (Lipinski definition) is 0. The number of amides is 2. The van der Waals surface area contributed by atoms with Crippen LogP contribution in [0.4, 0.5) is 0 Å². The number of ether oxygens (including phenoxy) is 1. The van der Waals surface area contributed by atoms with Gasteiger partial charge in [-0.1, -0.05) is 29.5 Å². The summed E-state index contributed by atoms with van der Waals surface area (Å²) in [5.74, 6) is -1.29. The van der Waals surface area contributed by atoms with E-state index in [0.29, 0.717) is 22.0 Å². The van der Waals surface area contributed by atoms with Crippen LogP contribution in [-0.2, 0) is 16.3 Å². The quantitative estimate of drug-likeness (QED) is 0.460. The highest BCUT2D eigenvalue weighted by Gasteiger charge is 2.34. The molecule has 0 N–H and O–H groups in total. The number of imide groups is 1. The van der Waals surface area contributed by atoms with Crippen LogP contribution in [0.25, 0.3) is 10.9 Å². The molecule has 0 radical (unpaired) electrons. The Morgan fingerprint density at radius 2 is 1.59 bits per heavy atom. The van der Waals surface area contributed by atoms with Crippen molar-refractivity contribution in [1.29, 1.82) is 0 Å². The number of carbonyl (C=O) groups is 3. The van der Waals surface area contributed by atoms with Crippen molar-refractivity contribution in [2.24, 2.45) is 0 Å². The van der Waals surface area contributed by atoms with Crippen LogP contribution in [0.3, 0.4) is 0 Å². The van der Waals surface area contributed by atoms with Gasteiger partial charge in [0.25, 0.3) is 17.4 Å². The second kappa shape index (κ2) is 7.63. The van der Waals surface area contributed by atoms with Gasteiger partial charge in [0, 0.05) is 13.0 Å². The van der Waals surface area contributed by atoms with E-state index in [9.17, 15) is 19.2 Å². The SMILES string of the molecule is O=C(CCCN1C(=O)c2ccccc2C1=O)OCn1nnc2ccccc2c1=O. The van der Waals surface area contributed by atoms with Gasteiger partial charge in [-0.05, 0) is 30.7 Å². The Hall–Kier alpha value is -3.88. The van der Waals surface area contributed by atoms with Gasteiger partial charge in [0.05, 0.1) is 16.5 Å². The third kappa shape index (κ3) is 3.49. The Morgan fingerprint density at radius 3 is 2.31 bits per heavy atom. The molecule has 9 heteroatoms. The summed E-state index contributed by atoms with van der Waals surface area (Å²) in [4.78, 5) is 49.9. The lowest BCUT2D eigenvalue weighted by Crippen LogP contribution is -2.31. The fraction of sp³-hybridized carbons (Fsp3) is 0.200. The van der Waals surface area contributed by atoms with Crippen LogP contribution in [0, 0.1) is 0 Å². The topological polar surface area (TPSA) is 111 Å². The highest BCUT2D eigenvalue weighted by molar-refractivity contribution is 6.21. The highest BCUT2D eigenvalue weighted by Crippen LogP contribution is 2.22. The maximum Gasteiger partial charge on any atom is 0.307 e. The van der Waals surface area contributed by atoms with Crippen molar-refractivity contribution < 1.29 is 19.1 Å². The molecule has 0 saturated heterocycles. The van der Waals surface area contributed by atoms with Gasteiger partial charge < -0.3 is 4.74 Å². The first-order chi connectivity index (χ1) is 14.1. The van der Waals surface area contributed by atoms with E-state index >= 15 is 0 Å². The standard InChI is InChI=1S/C20H16N4O5/c25-17(29-12-24-20(28)15-8-3-4-9-16(15)21-22-24)10-5-11-23-18(26)13-6-1-2-7-14(13)19(23)27/h1-4,6-9H,5,10-12H2. The van der Waals surface area contributed by atoms with E-state index in [1.54, 1.807) is 48.5 Å². The van der Waals surface area contributed by atoms with Gasteiger partial charge >= 0.3 is 5.97 Å². The van der Waals surface area contributed by atoms with Gasteiger partial charge in [-0.2, -0.15) is 4.68 Å². The largest absolute Gasteiger partial charge is 0.442 e. The number of aromatic nitrogens is 3. The number of fused-ring (bicyclic) bond motifs is 2. The van der Waals surface area contributed by atoms with Gasteiger partial charge in [0.1, 0.15) is 5.52 Å². The Labute approximate surface area is 164 Å². The van der Waals surface area contributed by atoms with E-state index in [1.807, 2.05) is 0 Å². The molecule has 29 heavy (non-hydrogen) atoms. The molecule has 1 aliphatic heterocycles. The van der Waals surface area contributed by atoms with Crippen LogP contribution in [0.2, 0.25) is 0 Å². The molecule has 3 aromatic rings. The molecule has 0 aliphatic carbocycles. The molecule has 0 spiro atoms. The summed E-state index contributed by atoms with van der Waals surface area (Å²) in [6.45, 7) is -0.250. The first kappa shape index (κ1) is 18.5. The number of esters is 1. The van der Waals surface area contributed by atoms with Crippen molar-refractivity contribution in [3.63, 3.8) is 0 Å². The predicted octanol–water partition coefficient (Wildman–Crippen LogP) is 1.37. The Balaban J connectivity index is 1.30. The van der Waals surface area contributed by atoms with Crippen molar-refractivity contribution in [3.05, 3.63) is 70.0 Å². The minimum Gasteiger partial charge on any atom is -0.442 e. The van der Waals surface area contributed by atoms with Crippen molar-refractivity contribution in [2.45, 2.75) is 19.6 Å². The molecule has 9 nitrogen and oxygen atoms in total. The molecule has 4 rings (SSSR count). The number of hydrogen-bond acceptors (Lipinski definition) is 7. The molecule has 1 aliphatic rings. The minimum atomic E-state index is -0.566. The lowest BCUT2D eigenvalue weighted by atomic mass is 10.1. The van der Waals surface area contributed by atoms with E-state index in [0.717, 1.165) is 9.58 Å². The summed E-state index contributed by atoms with van der Waals surface area (Å²) in [6.07, 6.45) is 0.242. The molecule has 0 unspecified atom stereocenters. The van der Waals surface area contributed by atoms with Gasteiger partial charge in [-0.3, -0.25) is 24.1 Å². The van der Waals surface area contributed by atoms with Crippen LogP contribution >= 0.6 is 0 Å². The molecule has 146 valence electrons. The second-order valence-corrected chi connectivity index (χ2v) is 6.47. The van der Waals surface area contributed by atoms with E-state index in [-0.39, 0.29) is 37.9 Å². The fourth-order valence-corrected chi connectivity index (χ4v) is 3.14. The molecule has 0 fully saturated rings. The lowest BCUT2D eigenvalue weighted by Gasteiger charge is -2.13.